The molecule has 0 spiro atoms. The molecule has 0 fully saturated rings. The van der Waals surface area contributed by atoms with Gasteiger partial charge in [-0.25, -0.2) is 0 Å². The van der Waals surface area contributed by atoms with Crippen LogP contribution in [0, 0.1) is 0 Å². The quantitative estimate of drug-likeness (QED) is 0.391. The van der Waals surface area contributed by atoms with Crippen molar-refractivity contribution < 1.29 is 0 Å². The molecule has 0 saturated heterocycles. The van der Waals surface area contributed by atoms with E-state index in [0.29, 0.717) is 0 Å². The van der Waals surface area contributed by atoms with E-state index < -0.39 is 7.38 Å². The molecule has 0 aromatic rings. The van der Waals surface area contributed by atoms with Crippen LogP contribution in [0.3, 0.4) is 0 Å². The molecule has 80 valence electrons. The molecule has 0 nitrogen and oxygen atoms in total. The lowest BCUT2D eigenvalue weighted by Gasteiger charge is -2.23. The molecule has 0 aromatic carbocycles. The molecule has 0 aromatic heterocycles. The Labute approximate surface area is 89.8 Å². The Morgan fingerprint density at radius 2 is 1.23 bits per heavy atom. The molecule has 0 aliphatic carbocycles. The fourth-order valence-corrected chi connectivity index (χ4v) is 6.80. The van der Waals surface area contributed by atoms with Gasteiger partial charge in [-0.2, -0.15) is 11.1 Å². The molecule has 0 atom stereocenters. The third-order valence-electron chi connectivity index (χ3n) is 2.65. The summed E-state index contributed by atoms with van der Waals surface area (Å²) in [6.45, 7) is 6.79. The predicted octanol–water partition coefficient (Wildman–Crippen LogP) is 5.18. The molecular formula is C11H25ClSi. The summed E-state index contributed by atoms with van der Waals surface area (Å²) in [5.41, 5.74) is 0. The molecule has 2 heteroatoms. The normalized spacial score (nSPS) is 12.0. The van der Waals surface area contributed by atoms with E-state index in [2.05, 4.69) is 20.8 Å². The molecular weight excluding hydrogens is 196 g/mol. The zero-order valence-electron chi connectivity index (χ0n) is 9.53. The topological polar surface area (TPSA) is 0 Å². The Morgan fingerprint density at radius 3 is 1.54 bits per heavy atom. The zero-order chi connectivity index (χ0) is 10.2. The van der Waals surface area contributed by atoms with E-state index in [1.165, 1.54) is 50.2 Å². The summed E-state index contributed by atoms with van der Waals surface area (Å²) in [4.78, 5) is 0. The summed E-state index contributed by atoms with van der Waals surface area (Å²) < 4.78 is 0. The van der Waals surface area contributed by atoms with Gasteiger partial charge >= 0.3 is 0 Å². The fraction of sp³-hybridized carbons (Fsp3) is 1.00. The van der Waals surface area contributed by atoms with Gasteiger partial charge in [0.05, 0.1) is 0 Å². The number of hydrogen-bond donors (Lipinski definition) is 0. The van der Waals surface area contributed by atoms with Crippen LogP contribution in [0.1, 0.15) is 52.9 Å². The Hall–Kier alpha value is 0.507. The highest BCUT2D eigenvalue weighted by Gasteiger charge is 2.27. The average molecular weight is 221 g/mol. The second-order valence-electron chi connectivity index (χ2n) is 4.11. The van der Waals surface area contributed by atoms with Crippen LogP contribution in [0.2, 0.25) is 18.1 Å². The van der Waals surface area contributed by atoms with Crippen LogP contribution in [-0.2, 0) is 0 Å². The number of rotatable bonds is 8. The second kappa shape index (κ2) is 7.87. The summed E-state index contributed by atoms with van der Waals surface area (Å²) in [6.07, 6.45) is 6.58. The minimum Gasteiger partial charge on any atom is -0.167 e. The fourth-order valence-electron chi connectivity index (χ4n) is 1.81. The van der Waals surface area contributed by atoms with Crippen molar-refractivity contribution in [1.29, 1.82) is 0 Å². The van der Waals surface area contributed by atoms with Gasteiger partial charge in [0.15, 0.2) is 7.38 Å². The zero-order valence-corrected chi connectivity index (χ0v) is 11.3. The van der Waals surface area contributed by atoms with Crippen molar-refractivity contribution in [2.24, 2.45) is 0 Å². The first-order chi connectivity index (χ1) is 6.18. The van der Waals surface area contributed by atoms with Gasteiger partial charge in [-0.05, 0) is 18.1 Å². The highest BCUT2D eigenvalue weighted by molar-refractivity contribution is 7.20. The van der Waals surface area contributed by atoms with E-state index in [4.69, 9.17) is 11.1 Å². The molecule has 0 bridgehead atoms. The molecule has 0 rings (SSSR count). The van der Waals surface area contributed by atoms with Crippen molar-refractivity contribution in [3.05, 3.63) is 0 Å². The van der Waals surface area contributed by atoms with Gasteiger partial charge in [0.2, 0.25) is 0 Å². The van der Waals surface area contributed by atoms with Crippen LogP contribution in [0.5, 0.6) is 0 Å². The van der Waals surface area contributed by atoms with E-state index in [0.717, 1.165) is 0 Å². The van der Waals surface area contributed by atoms with Gasteiger partial charge in [0.25, 0.3) is 0 Å². The standard InChI is InChI=1S/C11H25ClSi/c1-4-7-10-13(12,9-6-3)11-8-5-2/h4-11H2,1-3H3. The predicted molar refractivity (Wildman–Crippen MR) is 66.1 cm³/mol. The molecule has 0 N–H and O–H groups in total. The lowest BCUT2D eigenvalue weighted by atomic mass is 10.4. The minimum atomic E-state index is -1.32. The Morgan fingerprint density at radius 1 is 0.769 bits per heavy atom. The third kappa shape index (κ3) is 6.56. The Bertz CT molecular complexity index is 107. The minimum absolute atomic E-state index is 1.28. The molecule has 0 unspecified atom stereocenters. The van der Waals surface area contributed by atoms with E-state index in [9.17, 15) is 0 Å². The maximum absolute atomic E-state index is 6.74. The van der Waals surface area contributed by atoms with E-state index in [1.807, 2.05) is 0 Å². The number of halogens is 1. The van der Waals surface area contributed by atoms with Crippen LogP contribution < -0.4 is 0 Å². The average Bonchev–Trinajstić information content (AvgIpc) is 2.12. The van der Waals surface area contributed by atoms with Gasteiger partial charge in [0, 0.05) is 0 Å². The van der Waals surface area contributed by atoms with Crippen LogP contribution in [0.25, 0.3) is 0 Å². The van der Waals surface area contributed by atoms with Crippen LogP contribution in [0.15, 0.2) is 0 Å². The second-order valence-corrected chi connectivity index (χ2v) is 10.3. The molecule has 0 heterocycles. The monoisotopic (exact) mass is 220 g/mol. The SMILES string of the molecule is CCCC[Si](Cl)(CCC)CCCC. The molecule has 0 amide bonds. The van der Waals surface area contributed by atoms with Gasteiger partial charge in [0.1, 0.15) is 0 Å². The maximum Gasteiger partial charge on any atom is 0.156 e. The summed E-state index contributed by atoms with van der Waals surface area (Å²) >= 11 is 6.74. The van der Waals surface area contributed by atoms with Crippen LogP contribution in [0.4, 0.5) is 0 Å². The van der Waals surface area contributed by atoms with E-state index >= 15 is 0 Å². The van der Waals surface area contributed by atoms with Crippen molar-refractivity contribution in [1.82, 2.24) is 0 Å². The molecule has 0 aliphatic rings. The molecule has 0 saturated carbocycles. The molecule has 0 aliphatic heterocycles. The first kappa shape index (κ1) is 13.5. The van der Waals surface area contributed by atoms with Crippen molar-refractivity contribution in [2.45, 2.75) is 71.0 Å². The Kier molecular flexibility index (Phi) is 8.18. The third-order valence-corrected chi connectivity index (χ3v) is 8.25. The highest BCUT2D eigenvalue weighted by atomic mass is 35.6. The lowest BCUT2D eigenvalue weighted by molar-refractivity contribution is 0.825. The summed E-state index contributed by atoms with van der Waals surface area (Å²) in [6, 6.07) is 4.02. The largest absolute Gasteiger partial charge is 0.167 e. The maximum atomic E-state index is 6.74. The van der Waals surface area contributed by atoms with Gasteiger partial charge in [-0.1, -0.05) is 52.9 Å². The van der Waals surface area contributed by atoms with E-state index in [-0.39, 0.29) is 0 Å². The number of unbranched alkanes of at least 4 members (excludes halogenated alkanes) is 2. The Balaban J connectivity index is 3.84. The van der Waals surface area contributed by atoms with Gasteiger partial charge < -0.3 is 0 Å². The highest BCUT2D eigenvalue weighted by Crippen LogP contribution is 2.30. The van der Waals surface area contributed by atoms with Crippen LogP contribution >= 0.6 is 11.1 Å². The first-order valence-corrected chi connectivity index (χ1v) is 9.50. The number of hydrogen-bond acceptors (Lipinski definition) is 0. The van der Waals surface area contributed by atoms with Crippen LogP contribution in [-0.4, -0.2) is 7.38 Å². The van der Waals surface area contributed by atoms with Crippen molar-refractivity contribution >= 4 is 18.5 Å². The van der Waals surface area contributed by atoms with Crippen molar-refractivity contribution in [2.75, 3.05) is 0 Å². The summed E-state index contributed by atoms with van der Waals surface area (Å²) in [7, 11) is -1.32. The smallest absolute Gasteiger partial charge is 0.156 e. The van der Waals surface area contributed by atoms with Gasteiger partial charge in [-0.15, -0.1) is 0 Å². The molecule has 0 radical (unpaired) electrons. The molecule has 13 heavy (non-hydrogen) atoms. The lowest BCUT2D eigenvalue weighted by Crippen LogP contribution is -2.26. The summed E-state index contributed by atoms with van der Waals surface area (Å²) in [5, 5.41) is 0. The first-order valence-electron chi connectivity index (χ1n) is 5.87. The van der Waals surface area contributed by atoms with Crippen molar-refractivity contribution in [3.8, 4) is 0 Å². The van der Waals surface area contributed by atoms with Crippen molar-refractivity contribution in [3.63, 3.8) is 0 Å². The summed E-state index contributed by atoms with van der Waals surface area (Å²) in [5.74, 6) is 0. The van der Waals surface area contributed by atoms with E-state index in [1.54, 1.807) is 0 Å². The van der Waals surface area contributed by atoms with Gasteiger partial charge in [-0.3, -0.25) is 0 Å².